The lowest BCUT2D eigenvalue weighted by Gasteiger charge is -2.14. The van der Waals surface area contributed by atoms with Gasteiger partial charge in [0.15, 0.2) is 0 Å². The Bertz CT molecular complexity index is 740. The Balaban J connectivity index is 2.34. The van der Waals surface area contributed by atoms with Gasteiger partial charge in [-0.05, 0) is 59.4 Å². The average molecular weight is 419 g/mol. The van der Waals surface area contributed by atoms with E-state index in [0.29, 0.717) is 11.6 Å². The van der Waals surface area contributed by atoms with Crippen molar-refractivity contribution in [3.8, 4) is 0 Å². The van der Waals surface area contributed by atoms with Crippen LogP contribution < -0.4 is 11.1 Å². The number of aromatic nitrogens is 2. The van der Waals surface area contributed by atoms with Crippen molar-refractivity contribution in [2.75, 3.05) is 22.6 Å². The molecule has 0 amide bonds. The van der Waals surface area contributed by atoms with Gasteiger partial charge in [0.25, 0.3) is 0 Å². The maximum atomic E-state index is 11.5. The molecule has 0 fully saturated rings. The summed E-state index contributed by atoms with van der Waals surface area (Å²) in [6.07, 6.45) is 12.6. The fraction of sp³-hybridized carbons (Fsp3) is 0.500. The molecule has 0 spiro atoms. The maximum Gasteiger partial charge on any atom is 0.327 e. The van der Waals surface area contributed by atoms with Crippen LogP contribution in [0.1, 0.15) is 53.4 Å². The summed E-state index contributed by atoms with van der Waals surface area (Å²) >= 11 is 1.58. The molecule has 0 radical (unpaired) electrons. The highest BCUT2D eigenvalue weighted by Gasteiger charge is 2.17. The van der Waals surface area contributed by atoms with Crippen LogP contribution in [0.2, 0.25) is 0 Å². The molecule has 0 aliphatic heterocycles. The zero-order valence-electron chi connectivity index (χ0n) is 17.9. The van der Waals surface area contributed by atoms with Gasteiger partial charge < -0.3 is 16.2 Å². The Morgan fingerprint density at radius 3 is 2.45 bits per heavy atom. The molecule has 7 heteroatoms. The van der Waals surface area contributed by atoms with Crippen LogP contribution in [0.15, 0.2) is 47.2 Å². The molecule has 0 unspecified atom stereocenters. The standard InChI is InChI=1S/C22H34N4O2S/c1-16(2)7-5-8-17(3)9-6-10-18(4)12-14-29-15-19(21(27)28)25-20-11-13-24-22(23)26-20/h7,9,11-13,19H,5-6,8,10,14-15H2,1-4H3,(H,27,28)(H3,23,24,25,26)/t19-/m0/s1. The molecule has 29 heavy (non-hydrogen) atoms. The van der Waals surface area contributed by atoms with Gasteiger partial charge in [-0.2, -0.15) is 16.7 Å². The fourth-order valence-corrected chi connectivity index (χ4v) is 3.53. The van der Waals surface area contributed by atoms with Gasteiger partial charge in [-0.25, -0.2) is 9.78 Å². The number of nitrogen functional groups attached to an aromatic ring is 1. The zero-order valence-corrected chi connectivity index (χ0v) is 18.8. The van der Waals surface area contributed by atoms with Crippen LogP contribution >= 0.6 is 11.8 Å². The van der Waals surface area contributed by atoms with Gasteiger partial charge in [-0.15, -0.1) is 0 Å². The number of carboxylic acid groups (broad SMARTS) is 1. The SMILES string of the molecule is CC(C)=CCCC(C)=CCCC(C)=CCSC[C@H](Nc1ccnc(N)n1)C(=O)O. The third kappa shape index (κ3) is 12.0. The number of hydrogen-bond donors (Lipinski definition) is 3. The van der Waals surface area contributed by atoms with E-state index in [0.717, 1.165) is 31.4 Å². The number of allylic oxidation sites excluding steroid dienone is 5. The van der Waals surface area contributed by atoms with Gasteiger partial charge in [0.05, 0.1) is 0 Å². The molecule has 1 heterocycles. The van der Waals surface area contributed by atoms with Crippen LogP contribution in [0, 0.1) is 0 Å². The average Bonchev–Trinajstić information content (AvgIpc) is 2.63. The number of rotatable bonds is 13. The van der Waals surface area contributed by atoms with Crippen molar-refractivity contribution in [3.63, 3.8) is 0 Å². The first-order valence-corrected chi connectivity index (χ1v) is 11.0. The molecule has 1 aromatic rings. The third-order valence-corrected chi connectivity index (χ3v) is 5.22. The van der Waals surface area contributed by atoms with E-state index >= 15 is 0 Å². The highest BCUT2D eigenvalue weighted by molar-refractivity contribution is 7.99. The Kier molecular flexibility index (Phi) is 11.8. The van der Waals surface area contributed by atoms with Crippen molar-refractivity contribution in [1.29, 1.82) is 0 Å². The van der Waals surface area contributed by atoms with Crippen molar-refractivity contribution in [1.82, 2.24) is 9.97 Å². The fourth-order valence-electron chi connectivity index (χ4n) is 2.53. The number of carboxylic acids is 1. The van der Waals surface area contributed by atoms with Crippen molar-refractivity contribution in [3.05, 3.63) is 47.2 Å². The maximum absolute atomic E-state index is 11.5. The minimum Gasteiger partial charge on any atom is -0.480 e. The zero-order chi connectivity index (χ0) is 21.6. The summed E-state index contributed by atoms with van der Waals surface area (Å²) in [5.41, 5.74) is 9.66. The van der Waals surface area contributed by atoms with Crippen molar-refractivity contribution >= 4 is 29.5 Å². The molecule has 0 aliphatic carbocycles. The van der Waals surface area contributed by atoms with Crippen molar-refractivity contribution < 1.29 is 9.90 Å². The van der Waals surface area contributed by atoms with Gasteiger partial charge in [0.1, 0.15) is 11.9 Å². The third-order valence-electron chi connectivity index (χ3n) is 4.25. The van der Waals surface area contributed by atoms with Crippen LogP contribution in [0.4, 0.5) is 11.8 Å². The molecular formula is C22H34N4O2S. The first-order valence-electron chi connectivity index (χ1n) is 9.88. The topological polar surface area (TPSA) is 101 Å². The Morgan fingerprint density at radius 1 is 1.17 bits per heavy atom. The second kappa shape index (κ2) is 13.8. The minimum atomic E-state index is -0.913. The van der Waals surface area contributed by atoms with E-state index in [9.17, 15) is 9.90 Å². The number of aliphatic carboxylic acids is 1. The second-order valence-electron chi connectivity index (χ2n) is 7.33. The molecule has 6 nitrogen and oxygen atoms in total. The van der Waals surface area contributed by atoms with Gasteiger partial charge in [0, 0.05) is 17.7 Å². The van der Waals surface area contributed by atoms with Crippen molar-refractivity contribution in [2.24, 2.45) is 0 Å². The lowest BCUT2D eigenvalue weighted by atomic mass is 10.1. The molecule has 0 saturated carbocycles. The lowest BCUT2D eigenvalue weighted by molar-refractivity contribution is -0.137. The normalized spacial score (nSPS) is 13.1. The Labute approximate surface area is 178 Å². The molecular weight excluding hydrogens is 384 g/mol. The van der Waals surface area contributed by atoms with Crippen LogP contribution in [0.5, 0.6) is 0 Å². The summed E-state index contributed by atoms with van der Waals surface area (Å²) in [6.45, 7) is 8.58. The predicted octanol–water partition coefficient (Wildman–Crippen LogP) is 5.08. The monoisotopic (exact) mass is 418 g/mol. The van der Waals surface area contributed by atoms with Gasteiger partial charge >= 0.3 is 5.97 Å². The number of carbonyl (C=O) groups is 1. The van der Waals surface area contributed by atoms with Crippen LogP contribution in [-0.4, -0.2) is 38.6 Å². The molecule has 1 rings (SSSR count). The van der Waals surface area contributed by atoms with E-state index in [1.54, 1.807) is 17.8 Å². The number of nitrogens with one attached hydrogen (secondary N) is 1. The van der Waals surface area contributed by atoms with Crippen molar-refractivity contribution in [2.45, 2.75) is 59.4 Å². The van der Waals surface area contributed by atoms with Gasteiger partial charge in [-0.3, -0.25) is 0 Å². The molecule has 0 bridgehead atoms. The molecule has 1 aromatic heterocycles. The van der Waals surface area contributed by atoms with Crippen LogP contribution in [0.25, 0.3) is 0 Å². The van der Waals surface area contributed by atoms with Gasteiger partial charge in [0.2, 0.25) is 5.95 Å². The second-order valence-corrected chi connectivity index (χ2v) is 8.41. The molecule has 160 valence electrons. The smallest absolute Gasteiger partial charge is 0.327 e. The highest BCUT2D eigenvalue weighted by atomic mass is 32.2. The summed E-state index contributed by atoms with van der Waals surface area (Å²) < 4.78 is 0. The summed E-state index contributed by atoms with van der Waals surface area (Å²) in [6, 6.07) is 0.880. The molecule has 0 aliphatic rings. The summed E-state index contributed by atoms with van der Waals surface area (Å²) in [5.74, 6) is 0.846. The number of nitrogens with zero attached hydrogens (tertiary/aromatic N) is 2. The van der Waals surface area contributed by atoms with E-state index in [4.69, 9.17) is 5.73 Å². The molecule has 0 saturated heterocycles. The van der Waals surface area contributed by atoms with Gasteiger partial charge in [-0.1, -0.05) is 34.9 Å². The predicted molar refractivity (Wildman–Crippen MR) is 124 cm³/mol. The van der Waals surface area contributed by atoms with Crippen LogP contribution in [-0.2, 0) is 4.79 Å². The van der Waals surface area contributed by atoms with E-state index in [1.807, 2.05) is 0 Å². The van der Waals surface area contributed by atoms with Crippen LogP contribution in [0.3, 0.4) is 0 Å². The summed E-state index contributed by atoms with van der Waals surface area (Å²) in [7, 11) is 0. The number of nitrogens with two attached hydrogens (primary N) is 1. The van der Waals surface area contributed by atoms with E-state index in [1.165, 1.54) is 22.9 Å². The number of hydrogen-bond acceptors (Lipinski definition) is 6. The summed E-state index contributed by atoms with van der Waals surface area (Å²) in [4.78, 5) is 19.3. The lowest BCUT2D eigenvalue weighted by Crippen LogP contribution is -2.32. The Morgan fingerprint density at radius 2 is 1.83 bits per heavy atom. The van der Waals surface area contributed by atoms with E-state index in [2.05, 4.69) is 61.2 Å². The Hall–Kier alpha value is -2.28. The first kappa shape index (κ1) is 24.8. The quantitative estimate of drug-likeness (QED) is 0.303. The van der Waals surface area contributed by atoms with E-state index in [-0.39, 0.29) is 5.95 Å². The molecule has 4 N–H and O–H groups in total. The number of anilines is 2. The highest BCUT2D eigenvalue weighted by Crippen LogP contribution is 2.14. The first-order chi connectivity index (χ1) is 13.8. The summed E-state index contributed by atoms with van der Waals surface area (Å²) in [5, 5.41) is 12.3. The minimum absolute atomic E-state index is 0.117. The molecule has 1 atom stereocenters. The molecule has 0 aromatic carbocycles. The van der Waals surface area contributed by atoms with E-state index < -0.39 is 12.0 Å². The largest absolute Gasteiger partial charge is 0.480 e. The number of thioether (sulfide) groups is 1.